The average molecular weight is 1060 g/mol. The first-order valence-corrected chi connectivity index (χ1v) is 26.3. The van der Waals surface area contributed by atoms with Crippen LogP contribution in [0.1, 0.15) is 111 Å². The summed E-state index contributed by atoms with van der Waals surface area (Å²) in [6.45, 7) is 5.71. The largest absolute Gasteiger partial charge is 0.478 e. The Morgan fingerprint density at radius 3 is 1.45 bits per heavy atom. The van der Waals surface area contributed by atoms with Gasteiger partial charge >= 0.3 is 5.97 Å². The third-order valence-electron chi connectivity index (χ3n) is 12.1. The molecule has 0 amide bonds. The third kappa shape index (κ3) is 40.4. The van der Waals surface area contributed by atoms with Gasteiger partial charge in [0.1, 0.15) is 5.78 Å². The molecule has 0 aromatic rings. The lowest BCUT2D eigenvalue weighted by atomic mass is 9.88. The van der Waals surface area contributed by atoms with Crippen molar-refractivity contribution < 1.29 is 76.0 Å². The molecule has 0 aliphatic carbocycles. The number of unbranched alkanes of at least 4 members (excludes halogenated alkanes) is 1. The van der Waals surface area contributed by atoms with Crippen molar-refractivity contribution in [1.82, 2.24) is 0 Å². The molecule has 75 heavy (non-hydrogen) atoms. The highest BCUT2D eigenvalue weighted by Gasteiger charge is 2.26. The highest BCUT2D eigenvalue weighted by Crippen LogP contribution is 2.20. The molecule has 0 fully saturated rings. The number of aliphatic hydroxyl groups excluding tert-OH is 12. The van der Waals surface area contributed by atoms with Gasteiger partial charge in [0, 0.05) is 43.1 Å². The maximum Gasteiger partial charge on any atom is 0.328 e. The van der Waals surface area contributed by atoms with E-state index in [4.69, 9.17) is 10.8 Å². The normalized spacial score (nSPS) is 19.5. The monoisotopic (exact) mass is 1060 g/mol. The Bertz CT molecular complexity index is 1870. The van der Waals surface area contributed by atoms with E-state index < -0.39 is 91.1 Å². The maximum atomic E-state index is 12.8. The number of Topliss-reactive ketones (excluding diaryl/α,β-unsaturated/α-hetero) is 1. The molecule has 16 heteroatoms. The van der Waals surface area contributed by atoms with Gasteiger partial charge in [0.2, 0.25) is 0 Å². The van der Waals surface area contributed by atoms with Gasteiger partial charge in [-0.3, -0.25) is 4.79 Å². The predicted octanol–water partition coefficient (Wildman–Crippen LogP) is 4.97. The van der Waals surface area contributed by atoms with Crippen molar-refractivity contribution in [2.75, 3.05) is 6.54 Å². The number of carbonyl (C=O) groups excluding carboxylic acids is 1. The maximum absolute atomic E-state index is 12.8. The second-order valence-electron chi connectivity index (χ2n) is 19.2. The topological polar surface area (TPSA) is 323 Å². The van der Waals surface area contributed by atoms with E-state index in [1.165, 1.54) is 24.3 Å². The zero-order valence-corrected chi connectivity index (χ0v) is 44.3. The fourth-order valence-electron chi connectivity index (χ4n) is 7.53. The number of aliphatic carboxylic acids is 1. The number of aliphatic hydroxyl groups is 12. The number of hydrogen-bond acceptors (Lipinski definition) is 15. The first-order chi connectivity index (χ1) is 35.7. The lowest BCUT2D eigenvalue weighted by Crippen LogP contribution is -2.32. The molecular formula is C59H93NO15. The zero-order valence-electron chi connectivity index (χ0n) is 44.3. The smallest absolute Gasteiger partial charge is 0.328 e. The first kappa shape index (κ1) is 70.5. The minimum absolute atomic E-state index is 0.0635. The van der Waals surface area contributed by atoms with Crippen LogP contribution in [0.15, 0.2) is 146 Å². The summed E-state index contributed by atoms with van der Waals surface area (Å²) in [6, 6.07) is 0. The molecule has 15 atom stereocenters. The summed E-state index contributed by atoms with van der Waals surface area (Å²) in [6.07, 6.45) is 31.5. The Hall–Kier alpha value is -4.50. The number of carboxylic acid groups (broad SMARTS) is 1. The Balaban J connectivity index is 4.50. The molecule has 0 saturated heterocycles. The number of ketones is 1. The number of rotatable bonds is 43. The number of nitrogens with two attached hydrogens (primary N) is 1. The van der Waals surface area contributed by atoms with Gasteiger partial charge in [-0.2, -0.15) is 0 Å². The van der Waals surface area contributed by atoms with Crippen molar-refractivity contribution in [3.05, 3.63) is 146 Å². The van der Waals surface area contributed by atoms with Crippen LogP contribution in [-0.4, -0.2) is 158 Å². The fraction of sp³-hybridized carbons (Fsp3) is 0.559. The number of carboxylic acids is 1. The van der Waals surface area contributed by atoms with Gasteiger partial charge in [-0.1, -0.05) is 161 Å². The van der Waals surface area contributed by atoms with Crippen molar-refractivity contribution in [3.8, 4) is 0 Å². The quantitative estimate of drug-likeness (QED) is 0.0166. The van der Waals surface area contributed by atoms with Crippen molar-refractivity contribution in [2.24, 2.45) is 23.5 Å². The van der Waals surface area contributed by atoms with Crippen LogP contribution in [0.4, 0.5) is 0 Å². The summed E-state index contributed by atoms with van der Waals surface area (Å²) in [5, 5.41) is 133. The van der Waals surface area contributed by atoms with Gasteiger partial charge in [-0.15, -0.1) is 0 Å². The molecule has 0 aliphatic rings. The standard InChI is InChI=1S/C59H93NO15/c1-43(26-19-15-11-7-4-5-10-14-18-22-34-58(73)74)59(75)45(3)56(71)33-21-17-13-9-6-8-12-16-20-32-55(70)44(2)57(72)42-54(69)41-53(68)39-49(64)30-24-29-48(63)38-52(67)40-51(66)37-47(62)28-23-27-46(61)36-50(65)31-25-35-60/h4-10,12-14,16-24,26,28,30,33-34,43-56,59,61-71,75H,11,15,25,27,29,31-32,35-42,60H2,1-3H3,(H,73,74)/b7-4+,9-6+,10-5+,12-8+,17-13+,18-14+,20-16+,26-19+,28-23+,30-24+,33-21+,34-22+. The Kier molecular flexibility index (Phi) is 41.9. The van der Waals surface area contributed by atoms with Crippen molar-refractivity contribution in [2.45, 2.75) is 184 Å². The fourth-order valence-corrected chi connectivity index (χ4v) is 7.53. The summed E-state index contributed by atoms with van der Waals surface area (Å²) in [5.74, 6) is -2.70. The molecular weight excluding hydrogens is 963 g/mol. The van der Waals surface area contributed by atoms with Gasteiger partial charge in [0.25, 0.3) is 0 Å². The molecule has 0 heterocycles. The summed E-state index contributed by atoms with van der Waals surface area (Å²) in [5.41, 5.74) is 5.42. The van der Waals surface area contributed by atoms with Crippen LogP contribution in [0.5, 0.6) is 0 Å². The Labute approximate surface area is 446 Å². The minimum atomic E-state index is -1.20. The summed E-state index contributed by atoms with van der Waals surface area (Å²) in [7, 11) is 0. The molecule has 0 aromatic carbocycles. The van der Waals surface area contributed by atoms with Crippen LogP contribution in [0, 0.1) is 17.8 Å². The predicted molar refractivity (Wildman–Crippen MR) is 296 cm³/mol. The highest BCUT2D eigenvalue weighted by atomic mass is 16.4. The van der Waals surface area contributed by atoms with E-state index in [0.717, 1.165) is 18.9 Å². The van der Waals surface area contributed by atoms with Crippen LogP contribution in [0.3, 0.4) is 0 Å². The second-order valence-corrected chi connectivity index (χ2v) is 19.2. The van der Waals surface area contributed by atoms with E-state index in [2.05, 4.69) is 0 Å². The molecule has 0 aromatic heterocycles. The van der Waals surface area contributed by atoms with Crippen molar-refractivity contribution in [3.63, 3.8) is 0 Å². The molecule has 0 rings (SSSR count). The van der Waals surface area contributed by atoms with Crippen molar-refractivity contribution in [1.29, 1.82) is 0 Å². The number of carbonyl (C=O) groups is 2. The molecule has 0 spiro atoms. The van der Waals surface area contributed by atoms with Gasteiger partial charge < -0.3 is 72.1 Å². The highest BCUT2D eigenvalue weighted by molar-refractivity contribution is 5.81. The molecule has 0 aliphatic heterocycles. The summed E-state index contributed by atoms with van der Waals surface area (Å²) in [4.78, 5) is 23.2. The van der Waals surface area contributed by atoms with E-state index in [0.29, 0.717) is 19.4 Å². The van der Waals surface area contributed by atoms with E-state index >= 15 is 0 Å². The SMILES string of the molecule is CC(/C=C/CC/C=C/C=C/C=C/C=C/C(=O)O)C(O)C(C)C(O)/C=C/C=C/C=C/C=C/C=C/CC(O)C(C)C(=O)CC(O)CC(O)CC(O)/C=C/CC(O)CC(O)CC(O)CC(O)/C=C/CC(O)CC(O)CCCN. The average Bonchev–Trinajstić information content (AvgIpc) is 3.33. The van der Waals surface area contributed by atoms with Crippen LogP contribution in [0.25, 0.3) is 0 Å². The third-order valence-corrected chi connectivity index (χ3v) is 12.1. The molecule has 0 bridgehead atoms. The Morgan fingerprint density at radius 2 is 0.907 bits per heavy atom. The molecule has 16 nitrogen and oxygen atoms in total. The van der Waals surface area contributed by atoms with Crippen LogP contribution in [0.2, 0.25) is 0 Å². The summed E-state index contributed by atoms with van der Waals surface area (Å²) >= 11 is 0. The lowest BCUT2D eigenvalue weighted by molar-refractivity contribution is -0.131. The van der Waals surface area contributed by atoms with Crippen LogP contribution in [-0.2, 0) is 9.59 Å². The van der Waals surface area contributed by atoms with E-state index in [1.807, 2.05) is 37.3 Å². The molecule has 15 N–H and O–H groups in total. The van der Waals surface area contributed by atoms with E-state index in [9.17, 15) is 70.9 Å². The molecule has 0 radical (unpaired) electrons. The zero-order chi connectivity index (χ0) is 56.4. The number of hydrogen-bond donors (Lipinski definition) is 14. The number of allylic oxidation sites excluding steroid dienone is 16. The lowest BCUT2D eigenvalue weighted by Gasteiger charge is -2.25. The van der Waals surface area contributed by atoms with Crippen LogP contribution >= 0.6 is 0 Å². The molecule has 424 valence electrons. The minimum Gasteiger partial charge on any atom is -0.478 e. The molecule has 0 saturated carbocycles. The van der Waals surface area contributed by atoms with Gasteiger partial charge in [-0.05, 0) is 77.2 Å². The van der Waals surface area contributed by atoms with Gasteiger partial charge in [-0.25, -0.2) is 4.79 Å². The van der Waals surface area contributed by atoms with E-state index in [1.54, 1.807) is 98.9 Å². The van der Waals surface area contributed by atoms with Crippen molar-refractivity contribution >= 4 is 11.8 Å². The van der Waals surface area contributed by atoms with Crippen LogP contribution < -0.4 is 5.73 Å². The van der Waals surface area contributed by atoms with Gasteiger partial charge in [0.15, 0.2) is 0 Å². The van der Waals surface area contributed by atoms with Gasteiger partial charge in [0.05, 0.1) is 73.2 Å². The second kappa shape index (κ2) is 44.6. The molecule has 15 unspecified atom stereocenters. The van der Waals surface area contributed by atoms with E-state index in [-0.39, 0.29) is 75.9 Å². The summed E-state index contributed by atoms with van der Waals surface area (Å²) < 4.78 is 0. The Morgan fingerprint density at radius 1 is 0.453 bits per heavy atom. The first-order valence-electron chi connectivity index (χ1n) is 26.3.